The number of aliphatic hydroxyl groups is 1. The number of rotatable bonds is 4. The van der Waals surface area contributed by atoms with Crippen molar-refractivity contribution in [2.45, 2.75) is 32.4 Å². The standard InChI is InChI=1S/C19H24N2O3/c1-14(22)16-8-5-11-21(13-16)19(23)20-12-17-9-10-18(24-17)15-6-3-2-4-7-15/h2-4,6-7,9-10,14,16,22H,5,8,11-13H2,1H3,(H,20,23)/t14-,16-/m0/s1. The fourth-order valence-corrected chi connectivity index (χ4v) is 3.09. The minimum absolute atomic E-state index is 0.0991. The second kappa shape index (κ2) is 7.53. The Morgan fingerprint density at radius 3 is 2.88 bits per heavy atom. The summed E-state index contributed by atoms with van der Waals surface area (Å²) in [5.41, 5.74) is 1.02. The molecule has 2 aromatic rings. The molecule has 2 atom stereocenters. The van der Waals surface area contributed by atoms with Gasteiger partial charge in [-0.3, -0.25) is 0 Å². The number of hydrogen-bond acceptors (Lipinski definition) is 3. The maximum atomic E-state index is 12.3. The van der Waals surface area contributed by atoms with Gasteiger partial charge in [-0.1, -0.05) is 30.3 Å². The molecule has 1 aromatic carbocycles. The second-order valence-corrected chi connectivity index (χ2v) is 6.38. The highest BCUT2D eigenvalue weighted by atomic mass is 16.3. The predicted molar refractivity (Wildman–Crippen MR) is 92.4 cm³/mol. The molecule has 1 fully saturated rings. The van der Waals surface area contributed by atoms with Crippen LogP contribution in [0.4, 0.5) is 4.79 Å². The summed E-state index contributed by atoms with van der Waals surface area (Å²) in [6, 6.07) is 13.6. The first-order valence-corrected chi connectivity index (χ1v) is 8.48. The number of benzene rings is 1. The molecule has 5 nitrogen and oxygen atoms in total. The van der Waals surface area contributed by atoms with E-state index in [1.807, 2.05) is 42.5 Å². The van der Waals surface area contributed by atoms with Gasteiger partial charge in [0.25, 0.3) is 0 Å². The molecule has 1 aromatic heterocycles. The molecule has 128 valence electrons. The van der Waals surface area contributed by atoms with Crippen LogP contribution in [-0.2, 0) is 6.54 Å². The van der Waals surface area contributed by atoms with Gasteiger partial charge in [0.15, 0.2) is 0 Å². The number of nitrogens with one attached hydrogen (secondary N) is 1. The molecule has 0 spiro atoms. The Morgan fingerprint density at radius 2 is 2.12 bits per heavy atom. The quantitative estimate of drug-likeness (QED) is 0.905. The number of piperidine rings is 1. The lowest BCUT2D eigenvalue weighted by Gasteiger charge is -2.34. The molecule has 0 saturated carbocycles. The van der Waals surface area contributed by atoms with Crippen molar-refractivity contribution in [3.63, 3.8) is 0 Å². The van der Waals surface area contributed by atoms with Crippen LogP contribution in [0.15, 0.2) is 46.9 Å². The minimum atomic E-state index is -0.376. The van der Waals surface area contributed by atoms with E-state index in [1.165, 1.54) is 0 Å². The van der Waals surface area contributed by atoms with E-state index in [0.717, 1.165) is 36.5 Å². The monoisotopic (exact) mass is 328 g/mol. The Bertz CT molecular complexity index is 666. The summed E-state index contributed by atoms with van der Waals surface area (Å²) in [5.74, 6) is 1.69. The van der Waals surface area contributed by atoms with Crippen molar-refractivity contribution in [3.8, 4) is 11.3 Å². The Labute approximate surface area is 142 Å². The Hall–Kier alpha value is -2.27. The topological polar surface area (TPSA) is 65.7 Å². The number of furan rings is 1. The van der Waals surface area contributed by atoms with E-state index in [2.05, 4.69) is 5.32 Å². The molecule has 0 unspecified atom stereocenters. The highest BCUT2D eigenvalue weighted by Gasteiger charge is 2.26. The summed E-state index contributed by atoms with van der Waals surface area (Å²) >= 11 is 0. The van der Waals surface area contributed by atoms with Gasteiger partial charge >= 0.3 is 6.03 Å². The van der Waals surface area contributed by atoms with Crippen LogP contribution in [0.25, 0.3) is 11.3 Å². The van der Waals surface area contributed by atoms with Crippen molar-refractivity contribution in [2.75, 3.05) is 13.1 Å². The summed E-state index contributed by atoms with van der Waals surface area (Å²) in [5, 5.41) is 12.6. The number of urea groups is 1. The number of aliphatic hydroxyl groups excluding tert-OH is 1. The third-order valence-electron chi connectivity index (χ3n) is 4.56. The lowest BCUT2D eigenvalue weighted by atomic mass is 9.94. The van der Waals surface area contributed by atoms with Crippen LogP contribution in [0.1, 0.15) is 25.5 Å². The molecular formula is C19H24N2O3. The molecule has 1 aliphatic rings. The third-order valence-corrected chi connectivity index (χ3v) is 4.56. The predicted octanol–water partition coefficient (Wildman–Crippen LogP) is 3.25. The molecule has 2 N–H and O–H groups in total. The number of carbonyl (C=O) groups is 1. The molecule has 5 heteroatoms. The first-order valence-electron chi connectivity index (χ1n) is 8.48. The van der Waals surface area contributed by atoms with E-state index >= 15 is 0 Å². The van der Waals surface area contributed by atoms with E-state index in [-0.39, 0.29) is 18.1 Å². The number of nitrogens with zero attached hydrogens (tertiary/aromatic N) is 1. The van der Waals surface area contributed by atoms with E-state index in [4.69, 9.17) is 4.42 Å². The summed E-state index contributed by atoms with van der Waals surface area (Å²) < 4.78 is 5.79. The van der Waals surface area contributed by atoms with Crippen molar-refractivity contribution in [2.24, 2.45) is 5.92 Å². The normalized spacial score (nSPS) is 19.1. The van der Waals surface area contributed by atoms with E-state index in [9.17, 15) is 9.90 Å². The first kappa shape index (κ1) is 16.6. The van der Waals surface area contributed by atoms with E-state index in [0.29, 0.717) is 13.1 Å². The molecule has 3 rings (SSSR count). The van der Waals surface area contributed by atoms with Crippen LogP contribution >= 0.6 is 0 Å². The van der Waals surface area contributed by atoms with Gasteiger partial charge < -0.3 is 19.7 Å². The highest BCUT2D eigenvalue weighted by molar-refractivity contribution is 5.74. The van der Waals surface area contributed by atoms with Gasteiger partial charge in [0.1, 0.15) is 11.5 Å². The maximum absolute atomic E-state index is 12.3. The van der Waals surface area contributed by atoms with E-state index < -0.39 is 0 Å². The minimum Gasteiger partial charge on any atom is -0.459 e. The zero-order chi connectivity index (χ0) is 16.9. The smallest absolute Gasteiger partial charge is 0.317 e. The zero-order valence-electron chi connectivity index (χ0n) is 13.9. The van der Waals surface area contributed by atoms with Crippen LogP contribution in [-0.4, -0.2) is 35.2 Å². The number of carbonyl (C=O) groups excluding carboxylic acids is 1. The molecular weight excluding hydrogens is 304 g/mol. The molecule has 2 heterocycles. The van der Waals surface area contributed by atoms with Crippen LogP contribution in [0.2, 0.25) is 0 Å². The SMILES string of the molecule is C[C@H](O)[C@H]1CCCN(C(=O)NCc2ccc(-c3ccccc3)o2)C1. The van der Waals surface area contributed by atoms with Crippen LogP contribution in [0.3, 0.4) is 0 Å². The molecule has 2 amide bonds. The summed E-state index contributed by atoms with van der Waals surface area (Å²) in [7, 11) is 0. The first-order chi connectivity index (χ1) is 11.6. The second-order valence-electron chi connectivity index (χ2n) is 6.38. The summed E-state index contributed by atoms with van der Waals surface area (Å²) in [6.07, 6.45) is 1.53. The van der Waals surface area contributed by atoms with E-state index in [1.54, 1.807) is 11.8 Å². The summed E-state index contributed by atoms with van der Waals surface area (Å²) in [4.78, 5) is 14.1. The van der Waals surface area contributed by atoms with Crippen molar-refractivity contribution in [1.82, 2.24) is 10.2 Å². The average Bonchev–Trinajstić information content (AvgIpc) is 3.09. The zero-order valence-corrected chi connectivity index (χ0v) is 13.9. The molecule has 0 bridgehead atoms. The van der Waals surface area contributed by atoms with Crippen LogP contribution < -0.4 is 5.32 Å². The number of likely N-dealkylation sites (tertiary alicyclic amines) is 1. The third kappa shape index (κ3) is 3.97. The van der Waals surface area contributed by atoms with Crippen LogP contribution in [0.5, 0.6) is 0 Å². The van der Waals surface area contributed by atoms with Gasteiger partial charge in [0.05, 0.1) is 12.6 Å². The van der Waals surface area contributed by atoms with Crippen molar-refractivity contribution >= 4 is 6.03 Å². The lowest BCUT2D eigenvalue weighted by molar-refractivity contribution is 0.0737. The van der Waals surface area contributed by atoms with Gasteiger partial charge in [-0.15, -0.1) is 0 Å². The van der Waals surface area contributed by atoms with Crippen molar-refractivity contribution in [1.29, 1.82) is 0 Å². The summed E-state index contributed by atoms with van der Waals surface area (Å²) in [6.45, 7) is 3.50. The number of hydrogen-bond donors (Lipinski definition) is 2. The largest absolute Gasteiger partial charge is 0.459 e. The lowest BCUT2D eigenvalue weighted by Crippen LogP contribution is -2.47. The van der Waals surface area contributed by atoms with Crippen LogP contribution in [0, 0.1) is 5.92 Å². The fraction of sp³-hybridized carbons (Fsp3) is 0.421. The Kier molecular flexibility index (Phi) is 5.20. The number of amides is 2. The molecule has 1 saturated heterocycles. The molecule has 1 aliphatic heterocycles. The average molecular weight is 328 g/mol. The Morgan fingerprint density at radius 1 is 1.33 bits per heavy atom. The van der Waals surface area contributed by atoms with Gasteiger partial charge in [0, 0.05) is 24.6 Å². The molecule has 24 heavy (non-hydrogen) atoms. The van der Waals surface area contributed by atoms with Crippen molar-refractivity contribution in [3.05, 3.63) is 48.2 Å². The molecule has 0 radical (unpaired) electrons. The van der Waals surface area contributed by atoms with Gasteiger partial charge in [-0.05, 0) is 31.9 Å². The fourth-order valence-electron chi connectivity index (χ4n) is 3.09. The molecule has 0 aliphatic carbocycles. The van der Waals surface area contributed by atoms with Crippen molar-refractivity contribution < 1.29 is 14.3 Å². The Balaban J connectivity index is 1.54. The van der Waals surface area contributed by atoms with Gasteiger partial charge in [-0.2, -0.15) is 0 Å². The highest BCUT2D eigenvalue weighted by Crippen LogP contribution is 2.22. The van der Waals surface area contributed by atoms with Gasteiger partial charge in [-0.25, -0.2) is 4.79 Å². The maximum Gasteiger partial charge on any atom is 0.317 e. The van der Waals surface area contributed by atoms with Gasteiger partial charge in [0.2, 0.25) is 0 Å².